The van der Waals surface area contributed by atoms with Gasteiger partial charge >= 0.3 is 0 Å². The lowest BCUT2D eigenvalue weighted by atomic mass is 9.96. The second-order valence-corrected chi connectivity index (χ2v) is 5.70. The molecular weight excluding hydrogens is 246 g/mol. The molecule has 1 saturated carbocycles. The van der Waals surface area contributed by atoms with Crippen LogP contribution in [-0.2, 0) is 4.79 Å². The van der Waals surface area contributed by atoms with Crippen molar-refractivity contribution < 1.29 is 4.79 Å². The average Bonchev–Trinajstić information content (AvgIpc) is 2.97. The number of aldehydes is 1. The predicted molar refractivity (Wildman–Crippen MR) is 83.8 cm³/mol. The van der Waals surface area contributed by atoms with E-state index < -0.39 is 0 Å². The number of hydrogen-bond donors (Lipinski definition) is 0. The van der Waals surface area contributed by atoms with Crippen LogP contribution in [0.4, 0.5) is 0 Å². The van der Waals surface area contributed by atoms with Crippen molar-refractivity contribution in [3.05, 3.63) is 48.0 Å². The summed E-state index contributed by atoms with van der Waals surface area (Å²) >= 11 is 0. The smallest absolute Gasteiger partial charge is 0.121 e. The third-order valence-corrected chi connectivity index (χ3v) is 4.40. The van der Waals surface area contributed by atoms with Crippen molar-refractivity contribution in [2.75, 3.05) is 6.54 Å². The van der Waals surface area contributed by atoms with Gasteiger partial charge in [-0.1, -0.05) is 43.2 Å². The molecular formula is C18H25NO. The summed E-state index contributed by atoms with van der Waals surface area (Å²) in [5, 5.41) is 0. The summed E-state index contributed by atoms with van der Waals surface area (Å²) in [5.41, 5.74) is 2.56. The van der Waals surface area contributed by atoms with Crippen molar-refractivity contribution in [2.24, 2.45) is 0 Å². The summed E-state index contributed by atoms with van der Waals surface area (Å²) in [5.74, 6) is 0. The molecule has 0 spiro atoms. The van der Waals surface area contributed by atoms with Crippen molar-refractivity contribution in [1.29, 1.82) is 0 Å². The van der Waals surface area contributed by atoms with Gasteiger partial charge in [-0.15, -0.1) is 6.58 Å². The maximum atomic E-state index is 11.2. The molecule has 1 unspecified atom stereocenters. The highest BCUT2D eigenvalue weighted by Crippen LogP contribution is 2.33. The molecule has 2 heteroatoms. The summed E-state index contributed by atoms with van der Waals surface area (Å²) in [7, 11) is 0. The van der Waals surface area contributed by atoms with Gasteiger partial charge < -0.3 is 4.79 Å². The third-order valence-electron chi connectivity index (χ3n) is 4.40. The predicted octanol–water partition coefficient (Wildman–Crippen LogP) is 4.06. The third kappa shape index (κ3) is 3.37. The van der Waals surface area contributed by atoms with E-state index >= 15 is 0 Å². The molecule has 0 bridgehead atoms. The Morgan fingerprint density at radius 1 is 1.35 bits per heavy atom. The highest BCUT2D eigenvalue weighted by molar-refractivity contribution is 5.52. The van der Waals surface area contributed by atoms with Gasteiger partial charge in [0.05, 0.1) is 0 Å². The van der Waals surface area contributed by atoms with Gasteiger partial charge in [-0.3, -0.25) is 4.90 Å². The van der Waals surface area contributed by atoms with Gasteiger partial charge in [0.1, 0.15) is 6.29 Å². The van der Waals surface area contributed by atoms with Crippen LogP contribution in [0.2, 0.25) is 0 Å². The topological polar surface area (TPSA) is 20.3 Å². The molecule has 1 fully saturated rings. The van der Waals surface area contributed by atoms with Crippen molar-refractivity contribution >= 4 is 6.29 Å². The highest BCUT2D eigenvalue weighted by Gasteiger charge is 2.29. The lowest BCUT2D eigenvalue weighted by Gasteiger charge is -2.36. The van der Waals surface area contributed by atoms with Crippen LogP contribution in [0.25, 0.3) is 0 Å². The highest BCUT2D eigenvalue weighted by atomic mass is 16.1. The zero-order valence-corrected chi connectivity index (χ0v) is 12.4. The number of carbonyl (C=O) groups excluding carboxylic acids is 1. The largest absolute Gasteiger partial charge is 0.303 e. The average molecular weight is 271 g/mol. The second kappa shape index (κ2) is 7.39. The van der Waals surface area contributed by atoms with Crippen molar-refractivity contribution in [2.45, 2.75) is 51.1 Å². The van der Waals surface area contributed by atoms with Crippen LogP contribution < -0.4 is 0 Å². The summed E-state index contributed by atoms with van der Waals surface area (Å²) in [6, 6.07) is 9.21. The fourth-order valence-electron chi connectivity index (χ4n) is 3.41. The first-order valence-corrected chi connectivity index (χ1v) is 7.63. The molecule has 2 nitrogen and oxygen atoms in total. The second-order valence-electron chi connectivity index (χ2n) is 5.70. The van der Waals surface area contributed by atoms with Crippen LogP contribution in [0.15, 0.2) is 36.9 Å². The van der Waals surface area contributed by atoms with Crippen LogP contribution in [0.1, 0.15) is 49.3 Å². The van der Waals surface area contributed by atoms with Gasteiger partial charge in [0.15, 0.2) is 0 Å². The Balaban J connectivity index is 2.30. The minimum atomic E-state index is 0.190. The molecule has 1 aliphatic rings. The number of aryl methyl sites for hydroxylation is 1. The lowest BCUT2D eigenvalue weighted by Crippen LogP contribution is -2.37. The standard InChI is InChI=1S/C18H25NO/c1-3-13-19(16-9-5-6-10-16)18(12-14-20)17-11-7-4-8-15(17)2/h3-4,7-8,11,14,16,18H,1,5-6,9-10,12-13H2,2H3. The van der Waals surface area contributed by atoms with E-state index in [0.29, 0.717) is 12.5 Å². The lowest BCUT2D eigenvalue weighted by molar-refractivity contribution is -0.109. The Labute approximate surface area is 122 Å². The van der Waals surface area contributed by atoms with Gasteiger partial charge in [0.2, 0.25) is 0 Å². The molecule has 1 atom stereocenters. The normalized spacial score (nSPS) is 17.3. The van der Waals surface area contributed by atoms with Gasteiger partial charge in [-0.2, -0.15) is 0 Å². The molecule has 1 aromatic carbocycles. The molecule has 0 amide bonds. The Bertz CT molecular complexity index is 448. The zero-order chi connectivity index (χ0) is 14.4. The molecule has 0 heterocycles. The van der Waals surface area contributed by atoms with Crippen LogP contribution >= 0.6 is 0 Å². The van der Waals surface area contributed by atoms with Crippen LogP contribution in [-0.4, -0.2) is 23.8 Å². The van der Waals surface area contributed by atoms with Gasteiger partial charge in [0.25, 0.3) is 0 Å². The number of carbonyl (C=O) groups is 1. The first-order valence-electron chi connectivity index (χ1n) is 7.63. The first-order chi connectivity index (χ1) is 9.77. The monoisotopic (exact) mass is 271 g/mol. The van der Waals surface area contributed by atoms with E-state index in [4.69, 9.17) is 0 Å². The van der Waals surface area contributed by atoms with Crippen molar-refractivity contribution in [3.8, 4) is 0 Å². The van der Waals surface area contributed by atoms with Gasteiger partial charge in [-0.05, 0) is 30.9 Å². The molecule has 2 rings (SSSR count). The van der Waals surface area contributed by atoms with Crippen molar-refractivity contribution in [3.63, 3.8) is 0 Å². The van der Waals surface area contributed by atoms with Crippen LogP contribution in [0.3, 0.4) is 0 Å². The Kier molecular flexibility index (Phi) is 5.54. The Morgan fingerprint density at radius 2 is 2.05 bits per heavy atom. The molecule has 108 valence electrons. The molecule has 0 aromatic heterocycles. The molecule has 20 heavy (non-hydrogen) atoms. The molecule has 0 N–H and O–H groups in total. The van der Waals surface area contributed by atoms with E-state index in [1.807, 2.05) is 6.08 Å². The number of nitrogens with zero attached hydrogens (tertiary/aromatic N) is 1. The first kappa shape index (κ1) is 15.0. The summed E-state index contributed by atoms with van der Waals surface area (Å²) < 4.78 is 0. The Morgan fingerprint density at radius 3 is 2.65 bits per heavy atom. The SMILES string of the molecule is C=CCN(C1CCCC1)C(CC=O)c1ccccc1C. The van der Waals surface area contributed by atoms with E-state index in [2.05, 4.69) is 42.7 Å². The minimum Gasteiger partial charge on any atom is -0.303 e. The van der Waals surface area contributed by atoms with Crippen molar-refractivity contribution in [1.82, 2.24) is 4.90 Å². The number of hydrogen-bond acceptors (Lipinski definition) is 2. The Hall–Kier alpha value is -1.41. The van der Waals surface area contributed by atoms with E-state index in [-0.39, 0.29) is 6.04 Å². The van der Waals surface area contributed by atoms with Crippen LogP contribution in [0.5, 0.6) is 0 Å². The summed E-state index contributed by atoms with van der Waals surface area (Å²) in [6.45, 7) is 6.89. The zero-order valence-electron chi connectivity index (χ0n) is 12.4. The van der Waals surface area contributed by atoms with Gasteiger partial charge in [0, 0.05) is 25.0 Å². The number of rotatable bonds is 7. The fraction of sp³-hybridized carbons (Fsp3) is 0.500. The van der Waals surface area contributed by atoms with E-state index in [1.165, 1.54) is 36.8 Å². The molecule has 0 aliphatic heterocycles. The summed E-state index contributed by atoms with van der Waals surface area (Å²) in [4.78, 5) is 13.7. The fourth-order valence-corrected chi connectivity index (χ4v) is 3.41. The summed E-state index contributed by atoms with van der Waals surface area (Å²) in [6.07, 6.45) is 8.69. The quantitative estimate of drug-likeness (QED) is 0.550. The minimum absolute atomic E-state index is 0.190. The van der Waals surface area contributed by atoms with E-state index in [1.54, 1.807) is 0 Å². The molecule has 1 aromatic rings. The van der Waals surface area contributed by atoms with Gasteiger partial charge in [-0.25, -0.2) is 0 Å². The molecule has 1 aliphatic carbocycles. The van der Waals surface area contributed by atoms with E-state index in [9.17, 15) is 4.79 Å². The molecule has 0 radical (unpaired) electrons. The van der Waals surface area contributed by atoms with E-state index in [0.717, 1.165) is 12.8 Å². The number of benzene rings is 1. The van der Waals surface area contributed by atoms with Crippen LogP contribution in [0, 0.1) is 6.92 Å². The molecule has 0 saturated heterocycles. The maximum Gasteiger partial charge on any atom is 0.121 e. The maximum absolute atomic E-state index is 11.2.